The molecule has 6 heteroatoms. The van der Waals surface area contributed by atoms with Gasteiger partial charge in [-0.1, -0.05) is 12.1 Å². The first-order valence-electron chi connectivity index (χ1n) is 10.1. The van der Waals surface area contributed by atoms with Crippen molar-refractivity contribution >= 4 is 22.4 Å². The normalized spacial score (nSPS) is 18.6. The van der Waals surface area contributed by atoms with Crippen LogP contribution in [0.15, 0.2) is 48.5 Å². The third-order valence-electron chi connectivity index (χ3n) is 5.90. The molecule has 0 spiro atoms. The Morgan fingerprint density at radius 1 is 1.10 bits per heavy atom. The number of fused-ring (bicyclic) bond motifs is 7. The topological polar surface area (TPSA) is 60.0 Å². The highest BCUT2D eigenvalue weighted by Crippen LogP contribution is 2.50. The van der Waals surface area contributed by atoms with Crippen LogP contribution in [0.4, 0.5) is 5.69 Å². The number of rotatable bonds is 3. The van der Waals surface area contributed by atoms with Crippen LogP contribution in [0.1, 0.15) is 20.8 Å². The summed E-state index contributed by atoms with van der Waals surface area (Å²) in [7, 11) is 1.65. The van der Waals surface area contributed by atoms with Gasteiger partial charge in [0, 0.05) is 11.1 Å². The Morgan fingerprint density at radius 2 is 1.87 bits per heavy atom. The molecule has 2 aliphatic heterocycles. The fraction of sp³-hybridized carbons (Fsp3) is 0.292. The molecule has 0 bridgehead atoms. The summed E-state index contributed by atoms with van der Waals surface area (Å²) in [6.45, 7) is 6.36. The van der Waals surface area contributed by atoms with Gasteiger partial charge < -0.3 is 14.2 Å². The summed E-state index contributed by atoms with van der Waals surface area (Å²) in [5.41, 5.74) is 5.04. The zero-order valence-electron chi connectivity index (χ0n) is 17.5. The molecule has 5 rings (SSSR count). The Morgan fingerprint density at radius 3 is 2.63 bits per heavy atom. The number of amides is 1. The molecule has 0 saturated carbocycles. The van der Waals surface area contributed by atoms with E-state index in [4.69, 9.17) is 14.2 Å². The lowest BCUT2D eigenvalue weighted by molar-refractivity contribution is -0.128. The quantitative estimate of drug-likeness (QED) is 0.696. The number of anilines is 1. The lowest BCUT2D eigenvalue weighted by Crippen LogP contribution is -2.43. The van der Waals surface area contributed by atoms with E-state index in [0.29, 0.717) is 6.61 Å². The summed E-state index contributed by atoms with van der Waals surface area (Å²) < 4.78 is 17.8. The zero-order valence-corrected chi connectivity index (χ0v) is 17.5. The molecule has 3 aromatic carbocycles. The minimum absolute atomic E-state index is 0.0721. The highest BCUT2D eigenvalue weighted by atomic mass is 16.5. The number of methoxy groups -OCH3 is 1. The van der Waals surface area contributed by atoms with Crippen LogP contribution in [0.5, 0.6) is 17.2 Å². The Balaban J connectivity index is 1.83. The lowest BCUT2D eigenvalue weighted by atomic mass is 9.91. The minimum atomic E-state index is -0.721. The largest absolute Gasteiger partial charge is 0.497 e. The van der Waals surface area contributed by atoms with Crippen LogP contribution in [-0.4, -0.2) is 25.9 Å². The Labute approximate surface area is 175 Å². The zero-order chi connectivity index (χ0) is 21.0. The summed E-state index contributed by atoms with van der Waals surface area (Å²) in [4.78, 5) is 12.7. The molecule has 2 heterocycles. The molecule has 1 N–H and O–H groups in total. The lowest BCUT2D eigenvalue weighted by Gasteiger charge is -2.29. The van der Waals surface area contributed by atoms with Crippen LogP contribution in [0, 0.1) is 5.41 Å². The van der Waals surface area contributed by atoms with Gasteiger partial charge in [0.05, 0.1) is 19.4 Å². The number of nitrogens with one attached hydrogen (secondary N) is 1. The fourth-order valence-electron chi connectivity index (χ4n) is 4.22. The van der Waals surface area contributed by atoms with Crippen LogP contribution < -0.4 is 24.6 Å². The molecule has 1 amide bonds. The maximum Gasteiger partial charge on any atom is 0.250 e. The number of ether oxygens (including phenoxy) is 3. The van der Waals surface area contributed by atoms with Gasteiger partial charge in [0.15, 0.2) is 0 Å². The second kappa shape index (κ2) is 6.55. The predicted octanol–water partition coefficient (Wildman–Crippen LogP) is 4.51. The average molecular weight is 404 g/mol. The molecule has 2 aliphatic rings. The number of hydrogen-bond donors (Lipinski definition) is 1. The summed E-state index contributed by atoms with van der Waals surface area (Å²) in [6.07, 6.45) is -0.481. The van der Waals surface area contributed by atoms with Crippen molar-refractivity contribution in [2.24, 2.45) is 5.41 Å². The van der Waals surface area contributed by atoms with Crippen LogP contribution in [0.3, 0.4) is 0 Å². The van der Waals surface area contributed by atoms with Gasteiger partial charge in [-0.25, -0.2) is 5.01 Å². The maximum atomic E-state index is 12.7. The average Bonchev–Trinajstić information content (AvgIpc) is 2.88. The first-order chi connectivity index (χ1) is 14.4. The third kappa shape index (κ3) is 2.60. The highest BCUT2D eigenvalue weighted by molar-refractivity contribution is 6.05. The van der Waals surface area contributed by atoms with Crippen molar-refractivity contribution in [1.29, 1.82) is 0 Å². The van der Waals surface area contributed by atoms with E-state index in [0.717, 1.165) is 44.8 Å². The van der Waals surface area contributed by atoms with Crippen molar-refractivity contribution in [2.75, 3.05) is 18.7 Å². The second-order valence-electron chi connectivity index (χ2n) is 8.14. The van der Waals surface area contributed by atoms with Crippen molar-refractivity contribution in [3.8, 4) is 28.4 Å². The SMILES string of the molecule is CCOc1ccc2ccc3c(c2c1)-c1cc(OC)ccc1N1NC(=O)C(C)(C)C1O3. The number of carbonyl (C=O) groups excluding carboxylic acids is 1. The van der Waals surface area contributed by atoms with Crippen molar-refractivity contribution < 1.29 is 19.0 Å². The number of hydrogen-bond acceptors (Lipinski definition) is 5. The van der Waals surface area contributed by atoms with Crippen molar-refractivity contribution in [3.05, 3.63) is 48.5 Å². The van der Waals surface area contributed by atoms with E-state index in [1.54, 1.807) is 7.11 Å². The van der Waals surface area contributed by atoms with Gasteiger partial charge in [-0.3, -0.25) is 10.2 Å². The third-order valence-corrected chi connectivity index (χ3v) is 5.90. The summed E-state index contributed by atoms with van der Waals surface area (Å²) in [5, 5.41) is 3.94. The van der Waals surface area contributed by atoms with E-state index < -0.39 is 11.6 Å². The molecular formula is C24H24N2O4. The summed E-state index contributed by atoms with van der Waals surface area (Å²) in [5.74, 6) is 2.20. The highest BCUT2D eigenvalue weighted by Gasteiger charge is 2.51. The van der Waals surface area contributed by atoms with E-state index in [-0.39, 0.29) is 5.91 Å². The first kappa shape index (κ1) is 18.6. The van der Waals surface area contributed by atoms with Crippen LogP contribution in [0.25, 0.3) is 21.9 Å². The molecule has 6 nitrogen and oxygen atoms in total. The van der Waals surface area contributed by atoms with Gasteiger partial charge in [-0.15, -0.1) is 0 Å². The molecule has 1 atom stereocenters. The predicted molar refractivity (Wildman–Crippen MR) is 116 cm³/mol. The van der Waals surface area contributed by atoms with E-state index >= 15 is 0 Å². The monoisotopic (exact) mass is 404 g/mol. The van der Waals surface area contributed by atoms with Gasteiger partial charge in [-0.05, 0) is 67.9 Å². The van der Waals surface area contributed by atoms with Crippen LogP contribution in [-0.2, 0) is 4.79 Å². The second-order valence-corrected chi connectivity index (χ2v) is 8.14. The molecular weight excluding hydrogens is 380 g/mol. The smallest absolute Gasteiger partial charge is 0.250 e. The van der Waals surface area contributed by atoms with Gasteiger partial charge in [0.2, 0.25) is 12.1 Å². The van der Waals surface area contributed by atoms with Crippen LogP contribution >= 0.6 is 0 Å². The molecule has 0 aliphatic carbocycles. The summed E-state index contributed by atoms with van der Waals surface area (Å²) in [6, 6.07) is 15.9. The minimum Gasteiger partial charge on any atom is -0.497 e. The molecule has 1 saturated heterocycles. The van der Waals surface area contributed by atoms with E-state index in [1.165, 1.54) is 0 Å². The van der Waals surface area contributed by atoms with Gasteiger partial charge in [0.1, 0.15) is 22.7 Å². The van der Waals surface area contributed by atoms with Crippen molar-refractivity contribution in [1.82, 2.24) is 5.43 Å². The molecule has 0 radical (unpaired) electrons. The number of nitrogens with zero attached hydrogens (tertiary/aromatic N) is 1. The van der Waals surface area contributed by atoms with Crippen LogP contribution in [0.2, 0.25) is 0 Å². The molecule has 1 unspecified atom stereocenters. The van der Waals surface area contributed by atoms with Gasteiger partial charge in [-0.2, -0.15) is 0 Å². The van der Waals surface area contributed by atoms with E-state index in [9.17, 15) is 4.79 Å². The summed E-state index contributed by atoms with van der Waals surface area (Å²) >= 11 is 0. The van der Waals surface area contributed by atoms with E-state index in [2.05, 4.69) is 11.5 Å². The van der Waals surface area contributed by atoms with Gasteiger partial charge >= 0.3 is 0 Å². The Hall–Kier alpha value is -3.41. The maximum absolute atomic E-state index is 12.7. The van der Waals surface area contributed by atoms with Crippen molar-refractivity contribution in [3.63, 3.8) is 0 Å². The Bertz CT molecular complexity index is 1170. The number of hydrazine groups is 1. The first-order valence-corrected chi connectivity index (χ1v) is 10.1. The molecule has 1 fully saturated rings. The number of benzene rings is 3. The van der Waals surface area contributed by atoms with Gasteiger partial charge in [0.25, 0.3) is 0 Å². The number of carbonyl (C=O) groups is 1. The van der Waals surface area contributed by atoms with Crippen molar-refractivity contribution in [2.45, 2.75) is 27.0 Å². The molecule has 30 heavy (non-hydrogen) atoms. The molecule has 0 aromatic heterocycles. The standard InChI is InChI=1S/C24H24N2O4/c1-5-29-16-8-6-14-7-11-20-21(17(14)13-16)18-12-15(28-4)9-10-19(18)26-23(30-20)24(2,3)22(27)25-26/h6-13,23H,5H2,1-4H3,(H,25,27). The fourth-order valence-corrected chi connectivity index (χ4v) is 4.22. The molecule has 154 valence electrons. The Kier molecular flexibility index (Phi) is 4.07. The van der Waals surface area contributed by atoms with E-state index in [1.807, 2.05) is 68.2 Å². The molecule has 3 aromatic rings.